The topological polar surface area (TPSA) is 0 Å². The monoisotopic (exact) mass is 1120 g/mol. The van der Waals surface area contributed by atoms with E-state index in [4.69, 9.17) is 0 Å². The van der Waals surface area contributed by atoms with Crippen LogP contribution in [-0.4, -0.2) is 3.21 Å². The molecule has 7 aromatic rings. The summed E-state index contributed by atoms with van der Waals surface area (Å²) in [4.78, 5) is 0. The van der Waals surface area contributed by atoms with E-state index < -0.39 is 23.5 Å². The number of hydrogen-bond acceptors (Lipinski definition) is 0. The van der Waals surface area contributed by atoms with Crippen LogP contribution in [0.1, 0.15) is 142 Å². The van der Waals surface area contributed by atoms with Gasteiger partial charge in [0.2, 0.25) is 0 Å². The number of allylic oxidation sites excluding steroid dienone is 4. The zero-order valence-electron chi connectivity index (χ0n) is 45.8. The van der Waals surface area contributed by atoms with E-state index in [1.807, 2.05) is 0 Å². The van der Waals surface area contributed by atoms with Gasteiger partial charge >= 0.3 is 137 Å². The molecule has 392 valence electrons. The fourth-order valence-corrected chi connectivity index (χ4v) is 10.8. The second kappa shape index (κ2) is 23.4. The molecule has 1 atom stereocenters. The molecule has 1 aliphatic carbocycles. The normalized spacial score (nSPS) is 13.9. The Morgan fingerprint density at radius 3 is 1.11 bits per heavy atom. The molecule has 0 bridgehead atoms. The van der Waals surface area contributed by atoms with Gasteiger partial charge in [-0.25, -0.2) is 6.08 Å². The van der Waals surface area contributed by atoms with Crippen molar-refractivity contribution in [1.82, 2.24) is 0 Å². The summed E-state index contributed by atoms with van der Waals surface area (Å²) in [6.07, 6.45) is 0.185. The Balaban J connectivity index is 0.000000284. The van der Waals surface area contributed by atoms with Gasteiger partial charge in [0.15, 0.2) is 0 Å². The predicted octanol–water partition coefficient (Wildman–Crippen LogP) is 13.7. The average molecular weight is 1130 g/mol. The van der Waals surface area contributed by atoms with E-state index in [2.05, 4.69) is 184 Å². The molecule has 9 heteroatoms. The van der Waals surface area contributed by atoms with Gasteiger partial charge in [-0.2, -0.15) is 11.6 Å². The Hall–Kier alpha value is -4.42. The minimum Gasteiger partial charge on any atom is -1.00 e. The van der Waals surface area contributed by atoms with Crippen molar-refractivity contribution in [2.45, 2.75) is 140 Å². The third-order valence-electron chi connectivity index (χ3n) is 13.6. The van der Waals surface area contributed by atoms with Crippen molar-refractivity contribution in [2.75, 3.05) is 0 Å². The van der Waals surface area contributed by atoms with Crippen LogP contribution in [0.5, 0.6) is 0 Å². The Morgan fingerprint density at radius 1 is 0.514 bits per heavy atom. The van der Waals surface area contributed by atoms with Crippen molar-refractivity contribution in [1.29, 1.82) is 0 Å². The molecule has 0 saturated heterocycles. The molecule has 0 amide bonds. The van der Waals surface area contributed by atoms with Gasteiger partial charge in [0.05, 0.1) is 0 Å². The molecule has 0 saturated carbocycles. The molecule has 0 nitrogen and oxygen atoms in total. The van der Waals surface area contributed by atoms with Crippen LogP contribution in [0, 0.1) is 59.0 Å². The van der Waals surface area contributed by atoms with Crippen molar-refractivity contribution in [3.05, 3.63) is 194 Å². The number of alkyl halides is 6. The van der Waals surface area contributed by atoms with Gasteiger partial charge in [-0.05, 0) is 108 Å². The van der Waals surface area contributed by atoms with Crippen LogP contribution in [0.2, 0.25) is 0 Å². The molecule has 1 unspecified atom stereocenters. The molecular weight excluding hydrogens is 1060 g/mol. The van der Waals surface area contributed by atoms with Gasteiger partial charge in [-0.15, -0.1) is 39.7 Å². The number of hydrogen-bond donors (Lipinski definition) is 0. The van der Waals surface area contributed by atoms with Crippen LogP contribution >= 0.6 is 0 Å². The van der Waals surface area contributed by atoms with Gasteiger partial charge in [0, 0.05) is 0 Å². The number of fused-ring (bicyclic) bond motifs is 3. The maximum absolute atomic E-state index is 12.5. The first-order valence-corrected chi connectivity index (χ1v) is 26.1. The molecule has 7 aromatic carbocycles. The van der Waals surface area contributed by atoms with Crippen LogP contribution in [0.25, 0.3) is 43.8 Å². The van der Waals surface area contributed by atoms with Gasteiger partial charge in [-0.3, -0.25) is 6.08 Å². The summed E-state index contributed by atoms with van der Waals surface area (Å²) in [5.41, 5.74) is 17.9. The van der Waals surface area contributed by atoms with E-state index in [1.54, 1.807) is 0 Å². The van der Waals surface area contributed by atoms with E-state index in [9.17, 15) is 26.3 Å². The van der Waals surface area contributed by atoms with Crippen molar-refractivity contribution in [2.24, 2.45) is 11.3 Å². The molecule has 1 aliphatic rings. The Kier molecular flexibility index (Phi) is 19.7. The van der Waals surface area contributed by atoms with Crippen molar-refractivity contribution in [3.8, 4) is 22.3 Å². The Labute approximate surface area is 464 Å². The summed E-state index contributed by atoms with van der Waals surface area (Å²) in [5, 5.41) is 5.41. The zero-order valence-corrected chi connectivity index (χ0v) is 49.7. The molecule has 0 radical (unpaired) electrons. The summed E-state index contributed by atoms with van der Waals surface area (Å²) in [5.74, 6) is 0.573. The third-order valence-corrected chi connectivity index (χ3v) is 15.0. The van der Waals surface area contributed by atoms with Gasteiger partial charge in [0.25, 0.3) is 0 Å². The number of aryl methyl sites for hydroxylation is 6. The van der Waals surface area contributed by atoms with Crippen molar-refractivity contribution >= 4 is 24.8 Å². The van der Waals surface area contributed by atoms with E-state index in [0.29, 0.717) is 25.7 Å². The molecule has 0 heterocycles. The van der Waals surface area contributed by atoms with Crippen molar-refractivity contribution < 1.29 is 75.4 Å². The Bertz CT molecular complexity index is 2960. The summed E-state index contributed by atoms with van der Waals surface area (Å²) < 4.78 is 75.6. The standard InChI is InChI=1S/C39H45.C15H8F6.C11H17.2ClH.Zr/c1-22-13-24(3)36(25(4)14-22)32-18-28-17-29-19-33(37-26(5)15-23(2)16-27(37)6)35(39(10,11)12)21-31(29)30(28)20-34(32)38(7,8)9;16-14(17,18)12-5-1-10(2-6-12)9-11-3-7-13(8-4-11)15(19,20)21;1-5-9-6-7-10(8-9)11(2,3)4;;;/h13-21H,1-12H3;1-8H;7-9H,5H2,1-4H3;2*1H;/q-1;;-1;;;+2/p-2. The van der Waals surface area contributed by atoms with Crippen LogP contribution in [0.15, 0.2) is 121 Å². The van der Waals surface area contributed by atoms with Crippen LogP contribution in [0.3, 0.4) is 0 Å². The maximum atomic E-state index is 12.5. The molecule has 0 fully saturated rings. The van der Waals surface area contributed by atoms with E-state index in [0.717, 1.165) is 48.5 Å². The smallest absolute Gasteiger partial charge is 1.00 e. The SMILES string of the molecule is CCC1[C-]=CC(C(C)(C)C)=C1.Cc1cc(C)c(-c2cc3[cH-]c4cc(-c5c(C)cc(C)cc5C)c(C(C)(C)C)cc4c3cc2C(C)(C)C)c(C)c1.FC(F)(F)c1ccc([C](=[Zr+2])c2ccc(C(F)(F)F)cc2)cc1.[Cl-].[Cl-]. The largest absolute Gasteiger partial charge is 1.00 e. The number of halogens is 8. The quantitative estimate of drug-likeness (QED) is 0.119. The number of rotatable bonds is 5. The third kappa shape index (κ3) is 14.3. The summed E-state index contributed by atoms with van der Waals surface area (Å²) in [7, 11) is 0. The second-order valence-electron chi connectivity index (χ2n) is 22.9. The molecule has 0 aromatic heterocycles. The minimum atomic E-state index is -4.41. The van der Waals surface area contributed by atoms with E-state index in [-0.39, 0.29) is 35.6 Å². The van der Waals surface area contributed by atoms with Crippen molar-refractivity contribution in [3.63, 3.8) is 0 Å². The summed E-state index contributed by atoms with van der Waals surface area (Å²) >= 11 is 0.898. The predicted molar refractivity (Wildman–Crippen MR) is 289 cm³/mol. The Morgan fingerprint density at radius 2 is 0.851 bits per heavy atom. The summed E-state index contributed by atoms with van der Waals surface area (Å²) in [6.45, 7) is 36.5. The average Bonchev–Trinajstić information content (AvgIpc) is 3.89. The molecular formula is C65H70Cl2F6Zr-2. The maximum Gasteiger partial charge on any atom is -1.00 e. The van der Waals surface area contributed by atoms with Crippen LogP contribution in [-0.2, 0) is 47.4 Å². The van der Waals surface area contributed by atoms with Gasteiger partial charge in [-0.1, -0.05) is 135 Å². The molecule has 8 rings (SSSR count). The zero-order chi connectivity index (χ0) is 53.6. The first-order valence-electron chi connectivity index (χ1n) is 24.8. The number of benzene rings is 6. The van der Waals surface area contributed by atoms with E-state index in [1.165, 1.54) is 125 Å². The van der Waals surface area contributed by atoms with Gasteiger partial charge in [0.1, 0.15) is 0 Å². The van der Waals surface area contributed by atoms with Crippen LogP contribution in [0.4, 0.5) is 26.3 Å². The van der Waals surface area contributed by atoms with Gasteiger partial charge < -0.3 is 24.8 Å². The second-order valence-corrected chi connectivity index (χ2v) is 24.1. The van der Waals surface area contributed by atoms with E-state index >= 15 is 0 Å². The molecule has 74 heavy (non-hydrogen) atoms. The molecule has 0 N–H and O–H groups in total. The summed E-state index contributed by atoms with van der Waals surface area (Å²) in [6, 6.07) is 30.8. The minimum absolute atomic E-state index is 0. The molecule has 0 aliphatic heterocycles. The first-order chi connectivity index (χ1) is 33.2. The fourth-order valence-electron chi connectivity index (χ4n) is 10.0. The van der Waals surface area contributed by atoms with Crippen LogP contribution < -0.4 is 24.8 Å². The fraction of sp³-hybridized carbons (Fsp3) is 0.354. The molecule has 0 spiro atoms. The first kappa shape index (κ1) is 62.1.